The molecule has 2 fully saturated rings. The van der Waals surface area contributed by atoms with E-state index in [1.807, 2.05) is 30.3 Å². The van der Waals surface area contributed by atoms with Crippen molar-refractivity contribution in [3.8, 4) is 16.9 Å². The van der Waals surface area contributed by atoms with E-state index in [9.17, 15) is 14.7 Å². The fourth-order valence-electron chi connectivity index (χ4n) is 5.84. The van der Waals surface area contributed by atoms with Crippen LogP contribution in [0.1, 0.15) is 41.9 Å². The van der Waals surface area contributed by atoms with E-state index < -0.39 is 18.2 Å². The molecule has 6 rings (SSSR count). The number of imidazole rings is 1. The summed E-state index contributed by atoms with van der Waals surface area (Å²) < 4.78 is 14.1. The van der Waals surface area contributed by atoms with Crippen LogP contribution < -0.4 is 15.4 Å². The summed E-state index contributed by atoms with van der Waals surface area (Å²) in [5, 5.41) is 21.0. The molecule has 0 saturated carbocycles. The summed E-state index contributed by atoms with van der Waals surface area (Å²) in [5.41, 5.74) is 2.25. The number of aromatic amines is 1. The first-order valence-corrected chi connectivity index (χ1v) is 13.8. The first-order valence-electron chi connectivity index (χ1n) is 13.8. The number of nitrogens with one attached hydrogen (secondary N) is 3. The van der Waals surface area contributed by atoms with Crippen molar-refractivity contribution in [1.82, 2.24) is 35.3 Å². The van der Waals surface area contributed by atoms with Gasteiger partial charge >= 0.3 is 0 Å². The van der Waals surface area contributed by atoms with E-state index in [1.54, 1.807) is 29.3 Å². The fraction of sp³-hybridized carbons (Fsp3) is 0.500. The minimum absolute atomic E-state index is 0.122. The molecule has 212 valence electrons. The van der Waals surface area contributed by atoms with Gasteiger partial charge in [0.25, 0.3) is 5.91 Å². The van der Waals surface area contributed by atoms with E-state index in [2.05, 4.69) is 25.7 Å². The van der Waals surface area contributed by atoms with Gasteiger partial charge in [0.15, 0.2) is 0 Å². The van der Waals surface area contributed by atoms with Crippen molar-refractivity contribution in [2.24, 2.45) is 7.05 Å². The molecular weight excluding hydrogens is 514 g/mol. The highest BCUT2D eigenvalue weighted by Gasteiger charge is 2.39. The number of aryl methyl sites for hydroxylation is 1. The second-order valence-corrected chi connectivity index (χ2v) is 10.8. The summed E-state index contributed by atoms with van der Waals surface area (Å²) >= 11 is 0. The summed E-state index contributed by atoms with van der Waals surface area (Å²) in [6.45, 7) is 1.49. The molecule has 0 aliphatic carbocycles. The Labute approximate surface area is 232 Å². The Morgan fingerprint density at radius 3 is 2.88 bits per heavy atom. The van der Waals surface area contributed by atoms with Gasteiger partial charge < -0.3 is 30.2 Å². The lowest BCUT2D eigenvalue weighted by atomic mass is 9.99. The molecule has 0 radical (unpaired) electrons. The van der Waals surface area contributed by atoms with Gasteiger partial charge in [-0.15, -0.1) is 0 Å². The number of ether oxygens (including phenoxy) is 2. The molecule has 4 bridgehead atoms. The van der Waals surface area contributed by atoms with E-state index in [0.29, 0.717) is 56.7 Å². The molecule has 2 aromatic heterocycles. The van der Waals surface area contributed by atoms with Crippen LogP contribution in [0.15, 0.2) is 43.0 Å². The van der Waals surface area contributed by atoms with Gasteiger partial charge in [-0.25, -0.2) is 4.98 Å². The predicted octanol–water partition coefficient (Wildman–Crippen LogP) is 0.990. The number of carbonyl (C=O) groups is 2. The second kappa shape index (κ2) is 11.4. The number of amides is 2. The van der Waals surface area contributed by atoms with Gasteiger partial charge in [0.1, 0.15) is 17.7 Å². The molecular formula is C28H35N7O5. The highest BCUT2D eigenvalue weighted by atomic mass is 16.5. The van der Waals surface area contributed by atoms with Gasteiger partial charge in [-0.05, 0) is 37.0 Å². The van der Waals surface area contributed by atoms with Crippen molar-refractivity contribution in [3.63, 3.8) is 0 Å². The number of aliphatic hydroxyl groups excluding tert-OH is 1. The van der Waals surface area contributed by atoms with Gasteiger partial charge in [-0.2, -0.15) is 5.10 Å². The van der Waals surface area contributed by atoms with Gasteiger partial charge in [-0.1, -0.05) is 6.07 Å². The normalized spacial score (nSPS) is 27.9. The smallest absolute Gasteiger partial charge is 0.255 e. The van der Waals surface area contributed by atoms with Crippen LogP contribution in [0, 0.1) is 0 Å². The Bertz CT molecular complexity index is 1340. The molecule has 12 nitrogen and oxygen atoms in total. The van der Waals surface area contributed by atoms with Gasteiger partial charge in [0, 0.05) is 56.8 Å². The van der Waals surface area contributed by atoms with E-state index in [-0.39, 0.29) is 30.5 Å². The lowest BCUT2D eigenvalue weighted by Gasteiger charge is -2.34. The summed E-state index contributed by atoms with van der Waals surface area (Å²) in [5.74, 6) is 0.823. The molecule has 12 heteroatoms. The third kappa shape index (κ3) is 5.74. The lowest BCUT2D eigenvalue weighted by molar-refractivity contribution is -0.133. The molecule has 0 unspecified atom stereocenters. The Kier molecular flexibility index (Phi) is 7.55. The monoisotopic (exact) mass is 549 g/mol. The number of likely N-dealkylation sites (tertiary alicyclic amines) is 1. The maximum atomic E-state index is 13.6. The predicted molar refractivity (Wildman–Crippen MR) is 144 cm³/mol. The minimum atomic E-state index is -0.644. The van der Waals surface area contributed by atoms with Gasteiger partial charge in [-0.3, -0.25) is 19.2 Å². The van der Waals surface area contributed by atoms with E-state index in [1.165, 1.54) is 0 Å². The maximum Gasteiger partial charge on any atom is 0.255 e. The molecule has 3 aromatic rings. The number of aromatic nitrogens is 4. The number of nitrogens with zero attached hydrogens (tertiary/aromatic N) is 4. The molecule has 40 heavy (non-hydrogen) atoms. The minimum Gasteiger partial charge on any atom is -0.493 e. The first-order chi connectivity index (χ1) is 19.4. The van der Waals surface area contributed by atoms with Crippen LogP contribution >= 0.6 is 0 Å². The number of hydrogen-bond donors (Lipinski definition) is 4. The number of benzene rings is 1. The van der Waals surface area contributed by atoms with Crippen LogP contribution in [0.2, 0.25) is 0 Å². The highest BCUT2D eigenvalue weighted by Crippen LogP contribution is 2.30. The molecule has 3 aliphatic rings. The number of carbonyl (C=O) groups excluding carboxylic acids is 2. The van der Waals surface area contributed by atoms with Crippen molar-refractivity contribution >= 4 is 11.8 Å². The Balaban J connectivity index is 1.29. The van der Waals surface area contributed by atoms with Crippen molar-refractivity contribution < 1.29 is 24.2 Å². The molecule has 3 aliphatic heterocycles. The van der Waals surface area contributed by atoms with Crippen molar-refractivity contribution in [1.29, 1.82) is 0 Å². The summed E-state index contributed by atoms with van der Waals surface area (Å²) in [6, 6.07) is 4.82. The number of hydrogen-bond acceptors (Lipinski definition) is 8. The molecule has 5 heterocycles. The average molecular weight is 550 g/mol. The summed E-state index contributed by atoms with van der Waals surface area (Å²) in [7, 11) is 1.86. The van der Waals surface area contributed by atoms with Crippen LogP contribution in [-0.4, -0.2) is 91.7 Å². The Morgan fingerprint density at radius 2 is 2.08 bits per heavy atom. The SMILES string of the molecule is Cn1cc(-c2ccc3c(c2)OCC[C@@H]2CC[C@H](O)[C@@H](CNC(=O)[C@@H]4C[C@@H](CN4Cc4ncc[nH]4)NC3=O)O2)cn1. The zero-order valence-electron chi connectivity index (χ0n) is 22.5. The van der Waals surface area contributed by atoms with Crippen LogP contribution in [0.3, 0.4) is 0 Å². The number of H-pyrrole nitrogens is 1. The molecule has 4 N–H and O–H groups in total. The Morgan fingerprint density at radius 1 is 1.18 bits per heavy atom. The molecule has 1 aromatic carbocycles. The summed E-state index contributed by atoms with van der Waals surface area (Å²) in [4.78, 5) is 36.3. The number of aliphatic hydroxyl groups is 1. The zero-order chi connectivity index (χ0) is 27.6. The van der Waals surface area contributed by atoms with E-state index >= 15 is 0 Å². The summed E-state index contributed by atoms with van der Waals surface area (Å²) in [6.07, 6.45) is 8.17. The molecule has 0 spiro atoms. The molecule has 5 atom stereocenters. The van der Waals surface area contributed by atoms with Crippen LogP contribution in [0.25, 0.3) is 11.1 Å². The topological polar surface area (TPSA) is 147 Å². The zero-order valence-corrected chi connectivity index (χ0v) is 22.5. The van der Waals surface area contributed by atoms with Crippen molar-refractivity contribution in [2.75, 3.05) is 19.7 Å². The van der Waals surface area contributed by atoms with Crippen LogP contribution in [0.4, 0.5) is 0 Å². The number of rotatable bonds is 3. The van der Waals surface area contributed by atoms with Gasteiger partial charge in [0.05, 0.1) is 43.2 Å². The quantitative estimate of drug-likeness (QED) is 0.378. The molecule has 2 saturated heterocycles. The van der Waals surface area contributed by atoms with Gasteiger partial charge in [0.2, 0.25) is 5.91 Å². The maximum absolute atomic E-state index is 13.6. The third-order valence-electron chi connectivity index (χ3n) is 7.97. The fourth-order valence-corrected chi connectivity index (χ4v) is 5.84. The second-order valence-electron chi connectivity index (χ2n) is 10.8. The standard InChI is InChI=1S/C28H35N7O5/c1-34-14-18(12-32-34)17-2-4-21-24(10-17)39-9-6-20-3-5-23(36)25(40-20)13-31-28(38)22-11-19(33-27(21)37)15-35(22)16-26-29-7-8-30-26/h2,4,7-8,10,12,14,19-20,22-23,25,36H,3,5-6,9,11,13,15-16H2,1H3,(H,29,30)(H,31,38)(H,33,37)/t19-,20-,22-,23-,25+/m0/s1. The van der Waals surface area contributed by atoms with Crippen molar-refractivity contribution in [2.45, 2.75) is 62.6 Å². The highest BCUT2D eigenvalue weighted by molar-refractivity contribution is 5.98. The average Bonchev–Trinajstić information content (AvgIpc) is 3.70. The number of fused-ring (bicyclic) bond motifs is 5. The Hall–Kier alpha value is -3.74. The molecule has 2 amide bonds. The third-order valence-corrected chi connectivity index (χ3v) is 7.97. The van der Waals surface area contributed by atoms with Crippen molar-refractivity contribution in [3.05, 3.63) is 54.4 Å². The van der Waals surface area contributed by atoms with E-state index in [0.717, 1.165) is 17.0 Å². The van der Waals surface area contributed by atoms with Crippen LogP contribution in [0.5, 0.6) is 5.75 Å². The first kappa shape index (κ1) is 26.5. The van der Waals surface area contributed by atoms with E-state index in [4.69, 9.17) is 9.47 Å². The van der Waals surface area contributed by atoms with Crippen LogP contribution in [-0.2, 0) is 23.1 Å². The largest absolute Gasteiger partial charge is 0.493 e. The lowest BCUT2D eigenvalue weighted by Crippen LogP contribution is -2.50.